The van der Waals surface area contributed by atoms with Gasteiger partial charge in [-0.3, -0.25) is 4.79 Å². The lowest BCUT2D eigenvalue weighted by Crippen LogP contribution is -2.42. The number of carbonyl (C=O) groups excluding carboxylic acids is 1. The van der Waals surface area contributed by atoms with E-state index < -0.39 is 0 Å². The van der Waals surface area contributed by atoms with Gasteiger partial charge in [-0.2, -0.15) is 0 Å². The van der Waals surface area contributed by atoms with E-state index in [9.17, 15) is 4.79 Å². The molecule has 0 aliphatic carbocycles. The Labute approximate surface area is 118 Å². The SMILES string of the molecule is CC(C)(C)C(=O)N1CCc2[nH]c(Br)c(Br)c2C1. The first kappa shape index (κ1) is 13.1. The molecule has 0 atom stereocenters. The molecule has 17 heavy (non-hydrogen) atoms. The third kappa shape index (κ3) is 2.45. The fraction of sp³-hybridized carbons (Fsp3) is 0.583. The Morgan fingerprint density at radius 1 is 1.35 bits per heavy atom. The summed E-state index contributed by atoms with van der Waals surface area (Å²) in [4.78, 5) is 17.5. The summed E-state index contributed by atoms with van der Waals surface area (Å²) in [6.45, 7) is 7.38. The van der Waals surface area contributed by atoms with Crippen molar-refractivity contribution in [2.75, 3.05) is 6.54 Å². The van der Waals surface area contributed by atoms with Crippen molar-refractivity contribution in [2.24, 2.45) is 5.41 Å². The molecular weight excluding hydrogens is 348 g/mol. The monoisotopic (exact) mass is 362 g/mol. The molecule has 0 aromatic carbocycles. The fourth-order valence-corrected chi connectivity index (χ4v) is 3.01. The van der Waals surface area contributed by atoms with Crippen LogP contribution in [0.15, 0.2) is 9.08 Å². The quantitative estimate of drug-likeness (QED) is 0.752. The lowest BCUT2D eigenvalue weighted by molar-refractivity contribution is -0.140. The minimum Gasteiger partial charge on any atom is -0.352 e. The Kier molecular flexibility index (Phi) is 3.42. The van der Waals surface area contributed by atoms with Gasteiger partial charge >= 0.3 is 0 Å². The molecule has 1 aromatic rings. The van der Waals surface area contributed by atoms with Crippen LogP contribution in [0.1, 0.15) is 32.0 Å². The van der Waals surface area contributed by atoms with Crippen molar-refractivity contribution in [3.05, 3.63) is 20.3 Å². The van der Waals surface area contributed by atoms with Crippen molar-refractivity contribution in [1.29, 1.82) is 0 Å². The largest absolute Gasteiger partial charge is 0.352 e. The summed E-state index contributed by atoms with van der Waals surface area (Å²) in [7, 11) is 0. The zero-order valence-corrected chi connectivity index (χ0v) is 13.4. The standard InChI is InChI=1S/C12H16Br2N2O/c1-12(2,3)11(17)16-5-4-8-7(6-16)9(13)10(14)15-8/h15H,4-6H2,1-3H3. The van der Waals surface area contributed by atoms with Crippen molar-refractivity contribution < 1.29 is 4.79 Å². The van der Waals surface area contributed by atoms with Gasteiger partial charge in [0, 0.05) is 36.2 Å². The zero-order valence-electron chi connectivity index (χ0n) is 10.2. The van der Waals surface area contributed by atoms with Crippen LogP contribution in [0.25, 0.3) is 0 Å². The van der Waals surface area contributed by atoms with E-state index in [-0.39, 0.29) is 11.3 Å². The van der Waals surface area contributed by atoms with Gasteiger partial charge in [0.05, 0.1) is 9.08 Å². The third-order valence-electron chi connectivity index (χ3n) is 2.99. The van der Waals surface area contributed by atoms with E-state index in [2.05, 4.69) is 36.8 Å². The third-order valence-corrected chi connectivity index (χ3v) is 4.99. The molecule has 1 aliphatic heterocycles. The van der Waals surface area contributed by atoms with Crippen molar-refractivity contribution in [3.63, 3.8) is 0 Å². The lowest BCUT2D eigenvalue weighted by Gasteiger charge is -2.32. The lowest BCUT2D eigenvalue weighted by atomic mass is 9.93. The van der Waals surface area contributed by atoms with Crippen LogP contribution in [-0.4, -0.2) is 22.3 Å². The molecule has 0 radical (unpaired) electrons. The molecule has 1 aliphatic rings. The molecular formula is C12H16Br2N2O. The number of hydrogen-bond acceptors (Lipinski definition) is 1. The Morgan fingerprint density at radius 2 is 2.00 bits per heavy atom. The number of carbonyl (C=O) groups is 1. The number of fused-ring (bicyclic) bond motifs is 1. The van der Waals surface area contributed by atoms with E-state index in [1.165, 1.54) is 11.3 Å². The number of H-pyrrole nitrogens is 1. The Morgan fingerprint density at radius 3 is 2.59 bits per heavy atom. The normalized spacial score (nSPS) is 15.9. The molecule has 94 valence electrons. The molecule has 0 saturated carbocycles. The van der Waals surface area contributed by atoms with Crippen LogP contribution < -0.4 is 0 Å². The summed E-state index contributed by atoms with van der Waals surface area (Å²) in [5, 5.41) is 0. The molecule has 1 amide bonds. The maximum atomic E-state index is 12.2. The van der Waals surface area contributed by atoms with Gasteiger partial charge in [-0.15, -0.1) is 0 Å². The van der Waals surface area contributed by atoms with Crippen LogP contribution in [0.4, 0.5) is 0 Å². The maximum absolute atomic E-state index is 12.2. The predicted octanol–water partition coefficient (Wildman–Crippen LogP) is 3.47. The summed E-state index contributed by atoms with van der Waals surface area (Å²) in [6, 6.07) is 0. The van der Waals surface area contributed by atoms with Crippen LogP contribution in [-0.2, 0) is 17.8 Å². The second-order valence-corrected chi connectivity index (χ2v) is 7.02. The van der Waals surface area contributed by atoms with E-state index in [4.69, 9.17) is 0 Å². The summed E-state index contributed by atoms with van der Waals surface area (Å²) < 4.78 is 2.01. The van der Waals surface area contributed by atoms with Crippen LogP contribution in [0.3, 0.4) is 0 Å². The first-order valence-corrected chi connectivity index (χ1v) is 7.23. The van der Waals surface area contributed by atoms with E-state index >= 15 is 0 Å². The Bertz CT molecular complexity index is 460. The Balaban J connectivity index is 2.24. The minimum atomic E-state index is -0.308. The number of hydrogen-bond donors (Lipinski definition) is 1. The molecule has 2 rings (SSSR count). The highest BCUT2D eigenvalue weighted by Crippen LogP contribution is 2.34. The average molecular weight is 364 g/mol. The van der Waals surface area contributed by atoms with Crippen LogP contribution >= 0.6 is 31.9 Å². The van der Waals surface area contributed by atoms with Crippen molar-refractivity contribution in [3.8, 4) is 0 Å². The molecule has 2 heterocycles. The molecule has 1 N–H and O–H groups in total. The number of rotatable bonds is 0. The molecule has 0 saturated heterocycles. The second-order valence-electron chi connectivity index (χ2n) is 5.44. The fourth-order valence-electron chi connectivity index (χ4n) is 2.07. The van der Waals surface area contributed by atoms with E-state index in [0.717, 1.165) is 22.0 Å². The van der Waals surface area contributed by atoms with Gasteiger partial charge < -0.3 is 9.88 Å². The highest BCUT2D eigenvalue weighted by atomic mass is 79.9. The number of nitrogens with zero attached hydrogens (tertiary/aromatic N) is 1. The van der Waals surface area contributed by atoms with Crippen LogP contribution in [0, 0.1) is 5.41 Å². The summed E-state index contributed by atoms with van der Waals surface area (Å²) in [5.74, 6) is 0.215. The highest BCUT2D eigenvalue weighted by molar-refractivity contribution is 9.13. The van der Waals surface area contributed by atoms with Gasteiger partial charge in [0.25, 0.3) is 0 Å². The number of amides is 1. The molecule has 5 heteroatoms. The highest BCUT2D eigenvalue weighted by Gasteiger charge is 2.31. The second kappa shape index (κ2) is 4.43. The number of aromatic amines is 1. The van der Waals surface area contributed by atoms with E-state index in [1.807, 2.05) is 25.7 Å². The maximum Gasteiger partial charge on any atom is 0.228 e. The van der Waals surface area contributed by atoms with E-state index in [1.54, 1.807) is 0 Å². The van der Waals surface area contributed by atoms with Crippen molar-refractivity contribution in [1.82, 2.24) is 9.88 Å². The van der Waals surface area contributed by atoms with Gasteiger partial charge in [0.15, 0.2) is 0 Å². The van der Waals surface area contributed by atoms with Gasteiger partial charge in [0.2, 0.25) is 5.91 Å². The van der Waals surface area contributed by atoms with Gasteiger partial charge in [-0.05, 0) is 31.9 Å². The van der Waals surface area contributed by atoms with Gasteiger partial charge in [-0.25, -0.2) is 0 Å². The number of halogens is 2. The first-order chi connectivity index (χ1) is 7.80. The van der Waals surface area contributed by atoms with Crippen molar-refractivity contribution in [2.45, 2.75) is 33.7 Å². The molecule has 0 unspecified atom stereocenters. The molecule has 1 aromatic heterocycles. The number of nitrogens with one attached hydrogen (secondary N) is 1. The molecule has 0 fully saturated rings. The van der Waals surface area contributed by atoms with Crippen LogP contribution in [0.5, 0.6) is 0 Å². The molecule has 3 nitrogen and oxygen atoms in total. The first-order valence-electron chi connectivity index (χ1n) is 5.65. The smallest absolute Gasteiger partial charge is 0.228 e. The topological polar surface area (TPSA) is 36.1 Å². The summed E-state index contributed by atoms with van der Waals surface area (Å²) >= 11 is 7.01. The average Bonchev–Trinajstić information content (AvgIpc) is 2.52. The summed E-state index contributed by atoms with van der Waals surface area (Å²) in [5.41, 5.74) is 2.11. The molecule has 0 bridgehead atoms. The minimum absolute atomic E-state index is 0.215. The zero-order chi connectivity index (χ0) is 12.8. The Hall–Kier alpha value is -0.290. The van der Waals surface area contributed by atoms with Gasteiger partial charge in [-0.1, -0.05) is 20.8 Å². The number of aromatic nitrogens is 1. The molecule has 0 spiro atoms. The van der Waals surface area contributed by atoms with Crippen molar-refractivity contribution >= 4 is 37.8 Å². The van der Waals surface area contributed by atoms with Crippen LogP contribution in [0.2, 0.25) is 0 Å². The summed E-state index contributed by atoms with van der Waals surface area (Å²) in [6.07, 6.45) is 0.890. The van der Waals surface area contributed by atoms with Gasteiger partial charge in [0.1, 0.15) is 0 Å². The van der Waals surface area contributed by atoms with E-state index in [0.29, 0.717) is 6.54 Å². The predicted molar refractivity (Wildman–Crippen MR) is 74.8 cm³/mol.